The van der Waals surface area contributed by atoms with Crippen LogP contribution < -0.4 is 0 Å². The number of benzene rings is 2. The molecule has 0 bridgehead atoms. The van der Waals surface area contributed by atoms with E-state index in [0.29, 0.717) is 10.0 Å². The van der Waals surface area contributed by atoms with Gasteiger partial charge >= 0.3 is 0 Å². The molecule has 0 fully saturated rings. The summed E-state index contributed by atoms with van der Waals surface area (Å²) >= 11 is 18.6. The molecule has 0 nitrogen and oxygen atoms in total. The summed E-state index contributed by atoms with van der Waals surface area (Å²) in [4.78, 5) is 0. The molecule has 1 aliphatic rings. The zero-order valence-electron chi connectivity index (χ0n) is 11.0. The molecule has 1 atom stereocenters. The van der Waals surface area contributed by atoms with Crippen LogP contribution in [0.4, 0.5) is 0 Å². The van der Waals surface area contributed by atoms with Crippen molar-refractivity contribution in [3.05, 3.63) is 68.7 Å². The Morgan fingerprint density at radius 1 is 0.750 bits per heavy atom. The molecule has 1 aliphatic carbocycles. The Hall–Kier alpha value is -0.690. The molecule has 0 radical (unpaired) electrons. The summed E-state index contributed by atoms with van der Waals surface area (Å²) in [6.45, 7) is 0. The lowest BCUT2D eigenvalue weighted by Gasteiger charge is -2.18. The largest absolute Gasteiger partial charge is 0.113 e. The molecule has 0 saturated heterocycles. The first-order valence-electron chi connectivity index (χ1n) is 6.86. The predicted octanol–water partition coefficient (Wildman–Crippen LogP) is 6.20. The van der Waals surface area contributed by atoms with Crippen LogP contribution in [-0.2, 0) is 12.8 Å². The van der Waals surface area contributed by atoms with Gasteiger partial charge in [0.15, 0.2) is 0 Å². The molecule has 2 aromatic carbocycles. The van der Waals surface area contributed by atoms with Crippen LogP contribution in [-0.4, -0.2) is 0 Å². The zero-order chi connectivity index (χ0) is 14.1. The van der Waals surface area contributed by atoms with Crippen molar-refractivity contribution in [3.8, 4) is 0 Å². The smallest absolute Gasteiger partial charge is 0.0836 e. The Morgan fingerprint density at radius 2 is 1.40 bits per heavy atom. The molecule has 0 aromatic heterocycles. The summed E-state index contributed by atoms with van der Waals surface area (Å²) in [5.74, 6) is 0. The highest BCUT2D eigenvalue weighted by molar-refractivity contribution is 6.42. The fourth-order valence-electron chi connectivity index (χ4n) is 2.77. The summed E-state index contributed by atoms with van der Waals surface area (Å²) in [5, 5.41) is 0.925. The Morgan fingerprint density at radius 3 is 2.15 bits per heavy atom. The molecule has 3 heteroatoms. The van der Waals surface area contributed by atoms with Gasteiger partial charge in [-0.05, 0) is 60.1 Å². The highest BCUT2D eigenvalue weighted by atomic mass is 35.5. The van der Waals surface area contributed by atoms with Gasteiger partial charge in [0.05, 0.1) is 15.4 Å². The van der Waals surface area contributed by atoms with E-state index in [1.165, 1.54) is 30.4 Å². The predicted molar refractivity (Wildman–Crippen MR) is 87.2 cm³/mol. The van der Waals surface area contributed by atoms with E-state index >= 15 is 0 Å². The van der Waals surface area contributed by atoms with Gasteiger partial charge in [-0.3, -0.25) is 0 Å². The minimum Gasteiger partial charge on any atom is -0.113 e. The lowest BCUT2D eigenvalue weighted by molar-refractivity contribution is 0.684. The normalized spacial score (nSPS) is 15.8. The summed E-state index contributed by atoms with van der Waals surface area (Å²) < 4.78 is 0. The number of aryl methyl sites for hydroxylation is 2. The lowest BCUT2D eigenvalue weighted by atomic mass is 9.89. The van der Waals surface area contributed by atoms with Crippen molar-refractivity contribution in [2.75, 3.05) is 0 Å². The van der Waals surface area contributed by atoms with Gasteiger partial charge in [-0.15, -0.1) is 11.6 Å². The highest BCUT2D eigenvalue weighted by Gasteiger charge is 2.15. The number of hydrogen-bond donors (Lipinski definition) is 0. The number of hydrogen-bond acceptors (Lipinski definition) is 0. The second-order valence-electron chi connectivity index (χ2n) is 5.27. The fraction of sp³-hybridized carbons (Fsp3) is 0.294. The van der Waals surface area contributed by atoms with Gasteiger partial charge in [0, 0.05) is 0 Å². The van der Waals surface area contributed by atoms with Crippen LogP contribution in [0.25, 0.3) is 0 Å². The van der Waals surface area contributed by atoms with Gasteiger partial charge in [-0.25, -0.2) is 0 Å². The van der Waals surface area contributed by atoms with Crippen molar-refractivity contribution >= 4 is 34.8 Å². The summed E-state index contributed by atoms with van der Waals surface area (Å²) in [7, 11) is 0. The minimum atomic E-state index is -0.183. The van der Waals surface area contributed by atoms with E-state index in [9.17, 15) is 0 Å². The van der Waals surface area contributed by atoms with Gasteiger partial charge in [-0.1, -0.05) is 47.5 Å². The topological polar surface area (TPSA) is 0 Å². The first-order chi connectivity index (χ1) is 9.65. The number of alkyl halides is 1. The van der Waals surface area contributed by atoms with Crippen molar-refractivity contribution < 1.29 is 0 Å². The first kappa shape index (κ1) is 14.3. The van der Waals surface area contributed by atoms with E-state index in [1.54, 1.807) is 6.07 Å². The van der Waals surface area contributed by atoms with Crippen LogP contribution in [0.3, 0.4) is 0 Å². The van der Waals surface area contributed by atoms with Crippen LogP contribution in [0.2, 0.25) is 10.0 Å². The average Bonchev–Trinajstić information content (AvgIpc) is 2.49. The SMILES string of the molecule is Clc1ccc(C(Cl)c2ccc3c(c2)CCCC3)cc1Cl. The quantitative estimate of drug-likeness (QED) is 0.577. The number of rotatable bonds is 2. The van der Waals surface area contributed by atoms with Crippen molar-refractivity contribution in [2.24, 2.45) is 0 Å². The molecular formula is C17H15Cl3. The van der Waals surface area contributed by atoms with E-state index in [2.05, 4.69) is 18.2 Å². The molecular weight excluding hydrogens is 311 g/mol. The molecule has 2 aromatic rings. The maximum absolute atomic E-state index is 6.60. The van der Waals surface area contributed by atoms with Crippen molar-refractivity contribution in [1.29, 1.82) is 0 Å². The van der Waals surface area contributed by atoms with Crippen molar-refractivity contribution in [2.45, 2.75) is 31.1 Å². The standard InChI is InChI=1S/C17H15Cl3/c18-15-8-7-14(10-16(15)19)17(20)13-6-5-11-3-1-2-4-12(11)9-13/h5-10,17H,1-4H2. The Labute approximate surface area is 134 Å². The molecule has 1 unspecified atom stereocenters. The molecule has 104 valence electrons. The first-order valence-corrected chi connectivity index (χ1v) is 8.05. The molecule has 0 amide bonds. The Kier molecular flexibility index (Phi) is 4.26. The molecule has 0 N–H and O–H groups in total. The van der Waals surface area contributed by atoms with Gasteiger partial charge < -0.3 is 0 Å². The molecule has 0 aliphatic heterocycles. The molecule has 3 rings (SSSR count). The van der Waals surface area contributed by atoms with Crippen LogP contribution in [0.5, 0.6) is 0 Å². The van der Waals surface area contributed by atoms with Crippen LogP contribution in [0, 0.1) is 0 Å². The average molecular weight is 326 g/mol. The van der Waals surface area contributed by atoms with E-state index < -0.39 is 0 Å². The van der Waals surface area contributed by atoms with E-state index in [1.807, 2.05) is 12.1 Å². The Balaban J connectivity index is 1.93. The second-order valence-corrected chi connectivity index (χ2v) is 6.52. The highest BCUT2D eigenvalue weighted by Crippen LogP contribution is 2.34. The fourth-order valence-corrected chi connectivity index (χ4v) is 3.35. The van der Waals surface area contributed by atoms with Gasteiger partial charge in [0.2, 0.25) is 0 Å². The molecule has 0 heterocycles. The van der Waals surface area contributed by atoms with Crippen molar-refractivity contribution in [1.82, 2.24) is 0 Å². The monoisotopic (exact) mass is 324 g/mol. The number of fused-ring (bicyclic) bond motifs is 1. The van der Waals surface area contributed by atoms with E-state index in [0.717, 1.165) is 17.5 Å². The third-order valence-corrected chi connectivity index (χ3v) is 5.14. The second kappa shape index (κ2) is 5.97. The maximum Gasteiger partial charge on any atom is 0.0836 e. The molecule has 0 spiro atoms. The minimum absolute atomic E-state index is 0.183. The Bertz CT molecular complexity index is 634. The third-order valence-electron chi connectivity index (χ3n) is 3.90. The lowest BCUT2D eigenvalue weighted by Crippen LogP contribution is -2.04. The summed E-state index contributed by atoms with van der Waals surface area (Å²) in [5.41, 5.74) is 5.03. The van der Waals surface area contributed by atoms with E-state index in [4.69, 9.17) is 34.8 Å². The summed E-state index contributed by atoms with van der Waals surface area (Å²) in [6.07, 6.45) is 4.92. The molecule has 20 heavy (non-hydrogen) atoms. The van der Waals surface area contributed by atoms with Crippen LogP contribution in [0.1, 0.15) is 40.5 Å². The van der Waals surface area contributed by atoms with Gasteiger partial charge in [0.25, 0.3) is 0 Å². The van der Waals surface area contributed by atoms with Gasteiger partial charge in [-0.2, -0.15) is 0 Å². The number of halogens is 3. The van der Waals surface area contributed by atoms with E-state index in [-0.39, 0.29) is 5.38 Å². The van der Waals surface area contributed by atoms with Crippen LogP contribution >= 0.6 is 34.8 Å². The summed E-state index contributed by atoms with van der Waals surface area (Å²) in [6, 6.07) is 12.2. The van der Waals surface area contributed by atoms with Crippen molar-refractivity contribution in [3.63, 3.8) is 0 Å². The zero-order valence-corrected chi connectivity index (χ0v) is 13.3. The van der Waals surface area contributed by atoms with Gasteiger partial charge in [0.1, 0.15) is 0 Å². The maximum atomic E-state index is 6.60. The van der Waals surface area contributed by atoms with Crippen LogP contribution in [0.15, 0.2) is 36.4 Å². The third kappa shape index (κ3) is 2.83. The molecule has 0 saturated carbocycles.